The lowest BCUT2D eigenvalue weighted by molar-refractivity contribution is 0.105. The van der Waals surface area contributed by atoms with Crippen LogP contribution in [-0.2, 0) is 11.2 Å². The molecule has 1 aliphatic rings. The molecule has 1 fully saturated rings. The maximum atomic E-state index is 10.9. The zero-order valence-corrected chi connectivity index (χ0v) is 12.7. The Balaban J connectivity index is 1.72. The highest BCUT2D eigenvalue weighted by Crippen LogP contribution is 2.15. The Labute approximate surface area is 126 Å². The third-order valence-electron chi connectivity index (χ3n) is 3.53. The first-order chi connectivity index (χ1) is 10.2. The number of hydrogen-bond donors (Lipinski definition) is 2. The summed E-state index contributed by atoms with van der Waals surface area (Å²) in [5.41, 5.74) is 1.31. The molecule has 1 saturated heterocycles. The van der Waals surface area contributed by atoms with Gasteiger partial charge in [0.05, 0.1) is 6.54 Å². The van der Waals surface area contributed by atoms with E-state index in [1.54, 1.807) is 0 Å². The second kappa shape index (κ2) is 7.88. The standard InChI is InChI=1S/C16H24N2O3/c1-3-17-12(2)4-5-13-6-8-14(9-7-13)20-11-15-10-18-16(19)21-15/h6-9,12,15,17H,3-5,10-11H2,1-2H3,(H,18,19). The van der Waals surface area contributed by atoms with Gasteiger partial charge in [0, 0.05) is 6.04 Å². The molecule has 1 heterocycles. The lowest BCUT2D eigenvalue weighted by Gasteiger charge is -2.13. The quantitative estimate of drug-likeness (QED) is 0.770. The Morgan fingerprint density at radius 3 is 2.81 bits per heavy atom. The summed E-state index contributed by atoms with van der Waals surface area (Å²) in [5, 5.41) is 6.02. The van der Waals surface area contributed by atoms with E-state index in [0.717, 1.165) is 25.1 Å². The van der Waals surface area contributed by atoms with Gasteiger partial charge < -0.3 is 20.1 Å². The molecule has 1 aliphatic heterocycles. The minimum absolute atomic E-state index is 0.196. The predicted molar refractivity (Wildman–Crippen MR) is 81.7 cm³/mol. The Morgan fingerprint density at radius 1 is 1.43 bits per heavy atom. The fourth-order valence-corrected chi connectivity index (χ4v) is 2.30. The second-order valence-corrected chi connectivity index (χ2v) is 5.36. The number of benzene rings is 1. The normalized spacial score (nSPS) is 19.0. The van der Waals surface area contributed by atoms with Crippen molar-refractivity contribution in [3.05, 3.63) is 29.8 Å². The Morgan fingerprint density at radius 2 is 2.19 bits per heavy atom. The molecule has 0 aromatic heterocycles. The van der Waals surface area contributed by atoms with Crippen molar-refractivity contribution in [2.45, 2.75) is 38.8 Å². The molecule has 2 atom stereocenters. The summed E-state index contributed by atoms with van der Waals surface area (Å²) < 4.78 is 10.6. The minimum Gasteiger partial charge on any atom is -0.490 e. The van der Waals surface area contributed by atoms with Gasteiger partial charge in [0.15, 0.2) is 6.10 Å². The van der Waals surface area contributed by atoms with Gasteiger partial charge in [-0.3, -0.25) is 0 Å². The molecular formula is C16H24N2O3. The van der Waals surface area contributed by atoms with Crippen LogP contribution in [0, 0.1) is 0 Å². The zero-order valence-electron chi connectivity index (χ0n) is 12.7. The van der Waals surface area contributed by atoms with Crippen LogP contribution in [0.4, 0.5) is 4.79 Å². The molecule has 0 radical (unpaired) electrons. The van der Waals surface area contributed by atoms with E-state index < -0.39 is 0 Å². The third kappa shape index (κ3) is 5.27. The van der Waals surface area contributed by atoms with Gasteiger partial charge in [-0.2, -0.15) is 0 Å². The molecule has 2 N–H and O–H groups in total. The SMILES string of the molecule is CCNC(C)CCc1ccc(OCC2CNC(=O)O2)cc1. The number of carbonyl (C=O) groups excluding carboxylic acids is 1. The highest BCUT2D eigenvalue weighted by Gasteiger charge is 2.22. The van der Waals surface area contributed by atoms with Gasteiger partial charge in [0.2, 0.25) is 0 Å². The number of amides is 1. The lowest BCUT2D eigenvalue weighted by Crippen LogP contribution is -2.25. The number of ether oxygens (including phenoxy) is 2. The van der Waals surface area contributed by atoms with E-state index in [2.05, 4.69) is 36.6 Å². The van der Waals surface area contributed by atoms with Crippen LogP contribution in [0.2, 0.25) is 0 Å². The van der Waals surface area contributed by atoms with Crippen LogP contribution >= 0.6 is 0 Å². The maximum Gasteiger partial charge on any atom is 0.407 e. The molecule has 5 heteroatoms. The van der Waals surface area contributed by atoms with Gasteiger partial charge in [0.1, 0.15) is 12.4 Å². The van der Waals surface area contributed by atoms with E-state index in [4.69, 9.17) is 9.47 Å². The molecular weight excluding hydrogens is 268 g/mol. The summed E-state index contributed by atoms with van der Waals surface area (Å²) in [4.78, 5) is 10.9. The molecule has 0 aliphatic carbocycles. The third-order valence-corrected chi connectivity index (χ3v) is 3.53. The number of rotatable bonds is 8. The van der Waals surface area contributed by atoms with E-state index in [0.29, 0.717) is 19.2 Å². The molecule has 0 bridgehead atoms. The molecule has 21 heavy (non-hydrogen) atoms. The maximum absolute atomic E-state index is 10.9. The van der Waals surface area contributed by atoms with Crippen LogP contribution in [0.5, 0.6) is 5.75 Å². The Hall–Kier alpha value is -1.75. The molecule has 116 valence electrons. The van der Waals surface area contributed by atoms with Crippen molar-refractivity contribution in [2.24, 2.45) is 0 Å². The summed E-state index contributed by atoms with van der Waals surface area (Å²) in [5.74, 6) is 0.807. The Bertz CT molecular complexity index is 447. The summed E-state index contributed by atoms with van der Waals surface area (Å²) in [7, 11) is 0. The van der Waals surface area contributed by atoms with Gasteiger partial charge >= 0.3 is 6.09 Å². The van der Waals surface area contributed by atoms with Crippen LogP contribution < -0.4 is 15.4 Å². The molecule has 2 unspecified atom stereocenters. The molecule has 2 rings (SSSR count). The van der Waals surface area contributed by atoms with E-state index in [-0.39, 0.29) is 12.2 Å². The first kappa shape index (κ1) is 15.6. The van der Waals surface area contributed by atoms with Crippen molar-refractivity contribution >= 4 is 6.09 Å². The van der Waals surface area contributed by atoms with Crippen molar-refractivity contribution in [1.29, 1.82) is 0 Å². The summed E-state index contributed by atoms with van der Waals surface area (Å²) in [6.45, 7) is 6.24. The average molecular weight is 292 g/mol. The van der Waals surface area contributed by atoms with Crippen LogP contribution in [0.1, 0.15) is 25.8 Å². The fourth-order valence-electron chi connectivity index (χ4n) is 2.30. The van der Waals surface area contributed by atoms with Gasteiger partial charge in [-0.05, 0) is 44.0 Å². The van der Waals surface area contributed by atoms with Crippen LogP contribution in [-0.4, -0.2) is 37.9 Å². The predicted octanol–water partition coefficient (Wildman–Crippen LogP) is 2.10. The zero-order chi connectivity index (χ0) is 15.1. The lowest BCUT2D eigenvalue weighted by atomic mass is 10.1. The summed E-state index contributed by atoms with van der Waals surface area (Å²) in [6.07, 6.45) is 1.61. The molecule has 1 aromatic rings. The number of hydrogen-bond acceptors (Lipinski definition) is 4. The van der Waals surface area contributed by atoms with E-state index in [1.165, 1.54) is 5.56 Å². The van der Waals surface area contributed by atoms with Crippen LogP contribution in [0.15, 0.2) is 24.3 Å². The highest BCUT2D eigenvalue weighted by molar-refractivity contribution is 5.69. The first-order valence-electron chi connectivity index (χ1n) is 7.57. The topological polar surface area (TPSA) is 59.6 Å². The number of carbonyl (C=O) groups is 1. The van der Waals surface area contributed by atoms with Crippen molar-refractivity contribution in [2.75, 3.05) is 19.7 Å². The highest BCUT2D eigenvalue weighted by atomic mass is 16.6. The van der Waals surface area contributed by atoms with Crippen LogP contribution in [0.25, 0.3) is 0 Å². The summed E-state index contributed by atoms with van der Waals surface area (Å²) in [6, 6.07) is 8.66. The molecule has 0 spiro atoms. The van der Waals surface area contributed by atoms with Crippen molar-refractivity contribution < 1.29 is 14.3 Å². The minimum atomic E-state index is -0.367. The van der Waals surface area contributed by atoms with Gasteiger partial charge in [0.25, 0.3) is 0 Å². The summed E-state index contributed by atoms with van der Waals surface area (Å²) >= 11 is 0. The largest absolute Gasteiger partial charge is 0.490 e. The van der Waals surface area contributed by atoms with Gasteiger partial charge in [-0.1, -0.05) is 19.1 Å². The Kier molecular flexibility index (Phi) is 5.87. The number of alkyl carbamates (subject to hydrolysis) is 1. The van der Waals surface area contributed by atoms with Crippen molar-refractivity contribution in [1.82, 2.24) is 10.6 Å². The monoisotopic (exact) mass is 292 g/mol. The first-order valence-corrected chi connectivity index (χ1v) is 7.57. The van der Waals surface area contributed by atoms with Crippen molar-refractivity contribution in [3.8, 4) is 5.75 Å². The van der Waals surface area contributed by atoms with Gasteiger partial charge in [-0.25, -0.2) is 4.79 Å². The van der Waals surface area contributed by atoms with E-state index in [1.807, 2.05) is 12.1 Å². The van der Waals surface area contributed by atoms with Crippen LogP contribution in [0.3, 0.4) is 0 Å². The van der Waals surface area contributed by atoms with Gasteiger partial charge in [-0.15, -0.1) is 0 Å². The molecule has 1 aromatic carbocycles. The molecule has 0 saturated carbocycles. The van der Waals surface area contributed by atoms with E-state index in [9.17, 15) is 4.79 Å². The van der Waals surface area contributed by atoms with E-state index >= 15 is 0 Å². The van der Waals surface area contributed by atoms with Crippen molar-refractivity contribution in [3.63, 3.8) is 0 Å². The molecule has 5 nitrogen and oxygen atoms in total. The number of nitrogens with one attached hydrogen (secondary N) is 2. The smallest absolute Gasteiger partial charge is 0.407 e. The second-order valence-electron chi connectivity index (χ2n) is 5.36. The fraction of sp³-hybridized carbons (Fsp3) is 0.562. The average Bonchev–Trinajstić information content (AvgIpc) is 2.90. The number of cyclic esters (lactones) is 1. The number of aryl methyl sites for hydroxylation is 1. The molecule has 1 amide bonds.